The first-order valence-corrected chi connectivity index (χ1v) is 3.83. The quantitative estimate of drug-likeness (QED) is 0.571. The molecule has 0 spiro atoms. The van der Waals surface area contributed by atoms with Gasteiger partial charge in [0.2, 0.25) is 6.41 Å². The lowest BCUT2D eigenvalue weighted by atomic mass is 10.2. The normalized spacial score (nSPS) is 14.7. The molecule has 1 aliphatic heterocycles. The van der Waals surface area contributed by atoms with Gasteiger partial charge in [-0.3, -0.25) is 9.69 Å². The molecule has 1 aliphatic rings. The minimum Gasteiger partial charge on any atom is -0.287 e. The molecule has 0 unspecified atom stereocenters. The van der Waals surface area contributed by atoms with Crippen molar-refractivity contribution in [1.29, 1.82) is 0 Å². The topological polar surface area (TPSA) is 20.3 Å². The van der Waals surface area contributed by atoms with Gasteiger partial charge >= 0.3 is 0 Å². The van der Waals surface area contributed by atoms with Gasteiger partial charge in [0.1, 0.15) is 0 Å². The van der Waals surface area contributed by atoms with Gasteiger partial charge < -0.3 is 0 Å². The van der Waals surface area contributed by atoms with E-state index in [1.165, 1.54) is 5.56 Å². The maximum Gasteiger partial charge on any atom is 0.218 e. The van der Waals surface area contributed by atoms with Crippen LogP contribution in [0.2, 0.25) is 0 Å². The number of carbonyl (C=O) groups is 1. The summed E-state index contributed by atoms with van der Waals surface area (Å²) in [6.45, 7) is 3.82. The Labute approximate surface area is 71.1 Å². The summed E-state index contributed by atoms with van der Waals surface area (Å²) >= 11 is 0. The summed E-state index contributed by atoms with van der Waals surface area (Å²) in [5.41, 5.74) is 3.00. The fraction of sp³-hybridized carbons (Fsp3) is 0.100. The summed E-state index contributed by atoms with van der Waals surface area (Å²) in [7, 11) is 0. The molecule has 0 N–H and O–H groups in total. The predicted octanol–water partition coefficient (Wildman–Crippen LogP) is 1.72. The molecule has 0 bridgehead atoms. The van der Waals surface area contributed by atoms with Crippen LogP contribution in [0.4, 0.5) is 5.69 Å². The highest BCUT2D eigenvalue weighted by molar-refractivity contribution is 5.84. The van der Waals surface area contributed by atoms with E-state index in [4.69, 9.17) is 0 Å². The number of nitrogens with zero attached hydrogens (tertiary/aromatic N) is 1. The lowest BCUT2D eigenvalue weighted by Crippen LogP contribution is -2.14. The molecule has 2 rings (SSSR count). The Bertz CT molecular complexity index is 343. The van der Waals surface area contributed by atoms with E-state index in [1.807, 2.05) is 24.3 Å². The van der Waals surface area contributed by atoms with Gasteiger partial charge in [-0.15, -0.1) is 0 Å². The van der Waals surface area contributed by atoms with Crippen LogP contribution in [0.25, 0.3) is 0 Å². The number of anilines is 1. The number of allylic oxidation sites excluding steroid dienone is 1. The summed E-state index contributed by atoms with van der Waals surface area (Å²) in [4.78, 5) is 12.2. The molecule has 0 atom stereocenters. The first-order valence-electron chi connectivity index (χ1n) is 3.83. The van der Waals surface area contributed by atoms with E-state index in [0.717, 1.165) is 24.2 Å². The average molecular weight is 159 g/mol. The molecule has 1 amide bonds. The minimum atomic E-state index is 0.787. The van der Waals surface area contributed by atoms with E-state index in [2.05, 4.69) is 6.58 Å². The van der Waals surface area contributed by atoms with Gasteiger partial charge in [0, 0.05) is 12.1 Å². The fourth-order valence-electron chi connectivity index (χ4n) is 1.50. The van der Waals surface area contributed by atoms with Crippen molar-refractivity contribution in [3.63, 3.8) is 0 Å². The molecule has 1 heterocycles. The van der Waals surface area contributed by atoms with Crippen LogP contribution in [-0.2, 0) is 11.2 Å². The molecule has 1 aromatic carbocycles. The van der Waals surface area contributed by atoms with E-state index in [9.17, 15) is 4.79 Å². The van der Waals surface area contributed by atoms with Gasteiger partial charge in [0.05, 0.1) is 5.69 Å². The van der Waals surface area contributed by atoms with Crippen LogP contribution in [0.1, 0.15) is 5.56 Å². The first-order chi connectivity index (χ1) is 5.83. The highest BCUT2D eigenvalue weighted by Gasteiger charge is 2.20. The average Bonchev–Trinajstić information content (AvgIpc) is 2.40. The molecule has 0 aliphatic carbocycles. The van der Waals surface area contributed by atoms with Gasteiger partial charge in [0.25, 0.3) is 0 Å². The van der Waals surface area contributed by atoms with Gasteiger partial charge in [-0.25, -0.2) is 0 Å². The summed E-state index contributed by atoms with van der Waals surface area (Å²) in [6.07, 6.45) is 1.60. The number of carbonyl (C=O) groups excluding carboxylic acids is 1. The Morgan fingerprint density at radius 3 is 2.92 bits per heavy atom. The summed E-state index contributed by atoms with van der Waals surface area (Å²) in [5, 5.41) is 0. The maximum absolute atomic E-state index is 10.6. The van der Waals surface area contributed by atoms with E-state index >= 15 is 0 Å². The SMILES string of the molecule is C=C1Cc2ccccc2N1C=O. The summed E-state index contributed by atoms with van der Waals surface area (Å²) in [5.74, 6) is 0. The lowest BCUT2D eigenvalue weighted by molar-refractivity contribution is -0.107. The molecule has 0 aromatic heterocycles. The number of para-hydroxylation sites is 1. The smallest absolute Gasteiger partial charge is 0.218 e. The minimum absolute atomic E-state index is 0.787. The number of rotatable bonds is 1. The molecule has 0 saturated heterocycles. The summed E-state index contributed by atoms with van der Waals surface area (Å²) in [6, 6.07) is 7.85. The first kappa shape index (κ1) is 7.10. The Balaban J connectivity index is 2.54. The Morgan fingerprint density at radius 1 is 1.42 bits per heavy atom. The third-order valence-electron chi connectivity index (χ3n) is 2.09. The second kappa shape index (κ2) is 2.48. The molecule has 1 aromatic rings. The molecule has 2 heteroatoms. The van der Waals surface area contributed by atoms with Gasteiger partial charge in [-0.05, 0) is 11.6 Å². The Kier molecular flexibility index (Phi) is 1.47. The molecule has 60 valence electrons. The predicted molar refractivity (Wildman–Crippen MR) is 47.8 cm³/mol. The number of hydrogen-bond acceptors (Lipinski definition) is 1. The van der Waals surface area contributed by atoms with Crippen LogP contribution in [0.3, 0.4) is 0 Å². The molecular weight excluding hydrogens is 150 g/mol. The number of benzene rings is 1. The third kappa shape index (κ3) is 0.848. The van der Waals surface area contributed by atoms with Gasteiger partial charge in [-0.2, -0.15) is 0 Å². The molecule has 0 radical (unpaired) electrons. The van der Waals surface area contributed by atoms with Gasteiger partial charge in [-0.1, -0.05) is 24.8 Å². The van der Waals surface area contributed by atoms with Crippen LogP contribution < -0.4 is 4.90 Å². The number of fused-ring (bicyclic) bond motifs is 1. The second-order valence-electron chi connectivity index (χ2n) is 2.85. The van der Waals surface area contributed by atoms with Crippen molar-refractivity contribution in [2.75, 3.05) is 4.90 Å². The van der Waals surface area contributed by atoms with Crippen molar-refractivity contribution < 1.29 is 4.79 Å². The largest absolute Gasteiger partial charge is 0.287 e. The third-order valence-corrected chi connectivity index (χ3v) is 2.09. The highest BCUT2D eigenvalue weighted by Crippen LogP contribution is 2.31. The van der Waals surface area contributed by atoms with Crippen molar-refractivity contribution in [2.24, 2.45) is 0 Å². The number of hydrogen-bond donors (Lipinski definition) is 0. The molecule has 0 saturated carbocycles. The van der Waals surface area contributed by atoms with Crippen molar-refractivity contribution in [1.82, 2.24) is 0 Å². The zero-order chi connectivity index (χ0) is 8.55. The van der Waals surface area contributed by atoms with E-state index in [1.54, 1.807) is 4.90 Å². The van der Waals surface area contributed by atoms with Crippen molar-refractivity contribution >= 4 is 12.1 Å². The zero-order valence-electron chi connectivity index (χ0n) is 6.66. The van der Waals surface area contributed by atoms with Crippen LogP contribution in [0, 0.1) is 0 Å². The standard InChI is InChI=1S/C10H9NO/c1-8-6-9-4-2-3-5-10(9)11(8)7-12/h2-5,7H,1,6H2. The molecule has 0 fully saturated rings. The molecule has 12 heavy (non-hydrogen) atoms. The second-order valence-corrected chi connectivity index (χ2v) is 2.85. The molecule has 2 nitrogen and oxygen atoms in total. The molecular formula is C10H9NO. The Hall–Kier alpha value is -1.57. The van der Waals surface area contributed by atoms with Gasteiger partial charge in [0.15, 0.2) is 0 Å². The lowest BCUT2D eigenvalue weighted by Gasteiger charge is -2.10. The van der Waals surface area contributed by atoms with Crippen molar-refractivity contribution in [2.45, 2.75) is 6.42 Å². The monoisotopic (exact) mass is 159 g/mol. The van der Waals surface area contributed by atoms with E-state index in [-0.39, 0.29) is 0 Å². The zero-order valence-corrected chi connectivity index (χ0v) is 6.66. The Morgan fingerprint density at radius 2 is 2.17 bits per heavy atom. The van der Waals surface area contributed by atoms with Crippen LogP contribution in [0.5, 0.6) is 0 Å². The highest BCUT2D eigenvalue weighted by atomic mass is 16.1. The number of amides is 1. The maximum atomic E-state index is 10.6. The van der Waals surface area contributed by atoms with E-state index < -0.39 is 0 Å². The summed E-state index contributed by atoms with van der Waals surface area (Å²) < 4.78 is 0. The van der Waals surface area contributed by atoms with E-state index in [0.29, 0.717) is 0 Å². The van der Waals surface area contributed by atoms with Crippen LogP contribution >= 0.6 is 0 Å². The van der Waals surface area contributed by atoms with Crippen molar-refractivity contribution in [3.8, 4) is 0 Å². The van der Waals surface area contributed by atoms with Crippen LogP contribution in [0.15, 0.2) is 36.5 Å². The van der Waals surface area contributed by atoms with Crippen molar-refractivity contribution in [3.05, 3.63) is 42.1 Å². The van der Waals surface area contributed by atoms with Crippen LogP contribution in [-0.4, -0.2) is 6.41 Å². The fourth-order valence-corrected chi connectivity index (χ4v) is 1.50.